The van der Waals surface area contributed by atoms with Crippen LogP contribution in [0.4, 0.5) is 0 Å². The van der Waals surface area contributed by atoms with Gasteiger partial charge in [0.25, 0.3) is 0 Å². The van der Waals surface area contributed by atoms with E-state index >= 15 is 0 Å². The molecular formula is C13H23N3S2. The number of nitrogens with zero attached hydrogens (tertiary/aromatic N) is 2. The van der Waals surface area contributed by atoms with E-state index in [0.29, 0.717) is 12.1 Å². The van der Waals surface area contributed by atoms with E-state index in [9.17, 15) is 0 Å². The van der Waals surface area contributed by atoms with Crippen molar-refractivity contribution >= 4 is 23.5 Å². The molecule has 102 valence electrons. The summed E-state index contributed by atoms with van der Waals surface area (Å²) >= 11 is 4.14. The highest BCUT2D eigenvalue weighted by atomic mass is 32.2. The molecule has 1 atom stereocenters. The van der Waals surface area contributed by atoms with Gasteiger partial charge in [0, 0.05) is 53.4 Å². The Hall–Kier alpha value is -0.130. The zero-order valence-corrected chi connectivity index (χ0v) is 13.3. The third kappa shape index (κ3) is 3.25. The zero-order valence-electron chi connectivity index (χ0n) is 11.7. The van der Waals surface area contributed by atoms with Crippen molar-refractivity contribution in [2.75, 3.05) is 23.0 Å². The summed E-state index contributed by atoms with van der Waals surface area (Å²) in [4.78, 5) is 0. The zero-order chi connectivity index (χ0) is 13.1. The first-order valence-electron chi connectivity index (χ1n) is 6.51. The molecule has 1 aliphatic rings. The Labute approximate surface area is 118 Å². The highest BCUT2D eigenvalue weighted by Crippen LogP contribution is 2.23. The van der Waals surface area contributed by atoms with Crippen LogP contribution >= 0.6 is 23.5 Å². The number of rotatable bonds is 3. The number of thioether (sulfide) groups is 2. The SMILES string of the molecule is Cc1nn(C)c(C)c1[C@H](C)NC1CSCCSC1. The van der Waals surface area contributed by atoms with Crippen molar-refractivity contribution in [1.82, 2.24) is 15.1 Å². The number of aromatic nitrogens is 2. The van der Waals surface area contributed by atoms with Crippen molar-refractivity contribution in [3.8, 4) is 0 Å². The smallest absolute Gasteiger partial charge is 0.0644 e. The minimum absolute atomic E-state index is 0.392. The van der Waals surface area contributed by atoms with Crippen LogP contribution in [0, 0.1) is 13.8 Å². The van der Waals surface area contributed by atoms with Gasteiger partial charge < -0.3 is 5.32 Å². The highest BCUT2D eigenvalue weighted by Gasteiger charge is 2.20. The van der Waals surface area contributed by atoms with E-state index in [1.165, 1.54) is 34.3 Å². The van der Waals surface area contributed by atoms with Gasteiger partial charge in [-0.05, 0) is 20.8 Å². The van der Waals surface area contributed by atoms with Gasteiger partial charge in [-0.3, -0.25) is 4.68 Å². The minimum Gasteiger partial charge on any atom is -0.306 e. The first-order chi connectivity index (χ1) is 8.59. The van der Waals surface area contributed by atoms with Gasteiger partial charge in [-0.15, -0.1) is 0 Å². The minimum atomic E-state index is 0.392. The fourth-order valence-corrected chi connectivity index (χ4v) is 4.99. The first-order valence-corrected chi connectivity index (χ1v) is 8.82. The van der Waals surface area contributed by atoms with E-state index in [4.69, 9.17) is 0 Å². The molecule has 0 saturated carbocycles. The van der Waals surface area contributed by atoms with Crippen molar-refractivity contribution in [1.29, 1.82) is 0 Å². The second-order valence-corrected chi connectivity index (χ2v) is 7.24. The fraction of sp³-hybridized carbons (Fsp3) is 0.769. The lowest BCUT2D eigenvalue weighted by atomic mass is 10.1. The number of nitrogens with one attached hydrogen (secondary N) is 1. The van der Waals surface area contributed by atoms with Gasteiger partial charge in [0.05, 0.1) is 5.69 Å². The molecule has 0 radical (unpaired) electrons. The molecule has 0 amide bonds. The number of hydrogen-bond acceptors (Lipinski definition) is 4. The van der Waals surface area contributed by atoms with Crippen LogP contribution in [0.3, 0.4) is 0 Å². The highest BCUT2D eigenvalue weighted by molar-refractivity contribution is 8.03. The number of aryl methyl sites for hydroxylation is 2. The van der Waals surface area contributed by atoms with Crippen LogP contribution in [-0.4, -0.2) is 38.8 Å². The Morgan fingerprint density at radius 2 is 1.89 bits per heavy atom. The largest absolute Gasteiger partial charge is 0.306 e. The molecule has 2 heterocycles. The second-order valence-electron chi connectivity index (χ2n) is 4.94. The van der Waals surface area contributed by atoms with Gasteiger partial charge in [0.2, 0.25) is 0 Å². The average Bonchev–Trinajstić information content (AvgIpc) is 2.52. The van der Waals surface area contributed by atoms with Crippen molar-refractivity contribution in [2.45, 2.75) is 32.9 Å². The van der Waals surface area contributed by atoms with Crippen LogP contribution in [0.15, 0.2) is 0 Å². The van der Waals surface area contributed by atoms with E-state index in [1.54, 1.807) is 0 Å². The third-order valence-corrected chi connectivity index (χ3v) is 6.01. The molecule has 0 unspecified atom stereocenters. The van der Waals surface area contributed by atoms with Crippen LogP contribution in [0.25, 0.3) is 0 Å². The molecule has 1 aliphatic heterocycles. The van der Waals surface area contributed by atoms with Crippen LogP contribution in [0.1, 0.15) is 29.9 Å². The Balaban J connectivity index is 2.04. The molecule has 18 heavy (non-hydrogen) atoms. The Morgan fingerprint density at radius 3 is 2.39 bits per heavy atom. The maximum Gasteiger partial charge on any atom is 0.0644 e. The fourth-order valence-electron chi connectivity index (χ4n) is 2.57. The summed E-state index contributed by atoms with van der Waals surface area (Å²) in [6.07, 6.45) is 0. The predicted molar refractivity (Wildman–Crippen MR) is 82.7 cm³/mol. The van der Waals surface area contributed by atoms with Crippen LogP contribution in [-0.2, 0) is 7.05 Å². The molecule has 0 aromatic carbocycles. The van der Waals surface area contributed by atoms with Gasteiger partial charge in [-0.25, -0.2) is 0 Å². The van der Waals surface area contributed by atoms with Crippen molar-refractivity contribution < 1.29 is 0 Å². The van der Waals surface area contributed by atoms with Gasteiger partial charge in [-0.2, -0.15) is 28.6 Å². The summed E-state index contributed by atoms with van der Waals surface area (Å²) in [5, 5.41) is 8.28. The van der Waals surface area contributed by atoms with Crippen LogP contribution in [0.5, 0.6) is 0 Å². The molecule has 1 saturated heterocycles. The first kappa shape index (κ1) is 14.3. The molecule has 0 spiro atoms. The van der Waals surface area contributed by atoms with Crippen molar-refractivity contribution in [3.05, 3.63) is 17.0 Å². The summed E-state index contributed by atoms with van der Waals surface area (Å²) < 4.78 is 1.99. The Bertz CT molecular complexity index is 395. The molecular weight excluding hydrogens is 262 g/mol. The third-order valence-electron chi connectivity index (χ3n) is 3.49. The molecule has 0 bridgehead atoms. The lowest BCUT2D eigenvalue weighted by Gasteiger charge is -2.22. The standard InChI is InChI=1S/C13H23N3S2/c1-9(13-10(2)15-16(4)11(13)3)14-12-7-17-5-6-18-8-12/h9,12,14H,5-8H2,1-4H3/t9-/m0/s1. The Kier molecular flexibility index (Phi) is 5.04. The maximum atomic E-state index is 4.51. The van der Waals surface area contributed by atoms with E-state index in [2.05, 4.69) is 54.7 Å². The van der Waals surface area contributed by atoms with E-state index in [1.807, 2.05) is 11.7 Å². The van der Waals surface area contributed by atoms with Gasteiger partial charge in [-0.1, -0.05) is 0 Å². The van der Waals surface area contributed by atoms with Crippen LogP contribution in [0.2, 0.25) is 0 Å². The monoisotopic (exact) mass is 285 g/mol. The molecule has 1 aromatic rings. The summed E-state index contributed by atoms with van der Waals surface area (Å²) in [6.45, 7) is 6.53. The summed E-state index contributed by atoms with van der Waals surface area (Å²) in [5.74, 6) is 5.05. The molecule has 5 heteroatoms. The van der Waals surface area contributed by atoms with Gasteiger partial charge in [0.1, 0.15) is 0 Å². The number of hydrogen-bond donors (Lipinski definition) is 1. The molecule has 0 aliphatic carbocycles. The van der Waals surface area contributed by atoms with E-state index < -0.39 is 0 Å². The quantitative estimate of drug-likeness (QED) is 0.924. The van der Waals surface area contributed by atoms with E-state index in [-0.39, 0.29) is 0 Å². The second kappa shape index (κ2) is 6.35. The maximum absolute atomic E-state index is 4.51. The molecule has 1 fully saturated rings. The molecule has 3 nitrogen and oxygen atoms in total. The van der Waals surface area contributed by atoms with Gasteiger partial charge >= 0.3 is 0 Å². The van der Waals surface area contributed by atoms with Crippen LogP contribution < -0.4 is 5.32 Å². The topological polar surface area (TPSA) is 29.9 Å². The Morgan fingerprint density at radius 1 is 1.28 bits per heavy atom. The average molecular weight is 285 g/mol. The molecule has 1 N–H and O–H groups in total. The normalized spacial score (nSPS) is 19.8. The van der Waals surface area contributed by atoms with Gasteiger partial charge in [0.15, 0.2) is 0 Å². The van der Waals surface area contributed by atoms with Crippen molar-refractivity contribution in [2.24, 2.45) is 7.05 Å². The molecule has 2 rings (SSSR count). The van der Waals surface area contributed by atoms with E-state index in [0.717, 1.165) is 5.69 Å². The summed E-state index contributed by atoms with van der Waals surface area (Å²) in [6, 6.07) is 1.01. The van der Waals surface area contributed by atoms with Crippen molar-refractivity contribution in [3.63, 3.8) is 0 Å². The lowest BCUT2D eigenvalue weighted by Crippen LogP contribution is -2.35. The summed E-state index contributed by atoms with van der Waals surface area (Å²) in [5.41, 5.74) is 3.81. The lowest BCUT2D eigenvalue weighted by molar-refractivity contribution is 0.513. The molecule has 1 aromatic heterocycles. The predicted octanol–water partition coefficient (Wildman–Crippen LogP) is 2.54. The summed E-state index contributed by atoms with van der Waals surface area (Å²) in [7, 11) is 2.02.